The molecule has 0 unspecified atom stereocenters. The van der Waals surface area contributed by atoms with Gasteiger partial charge in [0.15, 0.2) is 5.52 Å². The number of nitrogens with two attached hydrogens (primary N) is 1. The molecule has 2 aromatic heterocycles. The van der Waals surface area contributed by atoms with Gasteiger partial charge in [-0.15, -0.1) is 0 Å². The number of rotatable bonds is 1. The fraction of sp³-hybridized carbons (Fsp3) is 0. The van der Waals surface area contributed by atoms with E-state index in [4.69, 9.17) is 5.84 Å². The van der Waals surface area contributed by atoms with Gasteiger partial charge >= 0.3 is 0 Å². The summed E-state index contributed by atoms with van der Waals surface area (Å²) in [4.78, 5) is 14.9. The van der Waals surface area contributed by atoms with Crippen molar-refractivity contribution in [3.63, 3.8) is 0 Å². The molecule has 0 aromatic carbocycles. The summed E-state index contributed by atoms with van der Waals surface area (Å²) in [6.07, 6.45) is 2.87. The molecule has 0 aliphatic rings. The van der Waals surface area contributed by atoms with Gasteiger partial charge in [0.25, 0.3) is 5.56 Å². The van der Waals surface area contributed by atoms with E-state index < -0.39 is 0 Å². The van der Waals surface area contributed by atoms with Crippen molar-refractivity contribution in [3.8, 4) is 0 Å². The third kappa shape index (κ3) is 0.768. The van der Waals surface area contributed by atoms with Crippen molar-refractivity contribution < 1.29 is 0 Å². The van der Waals surface area contributed by atoms with Crippen molar-refractivity contribution in [1.29, 1.82) is 0 Å². The molecule has 0 radical (unpaired) electrons. The molecule has 0 aliphatic heterocycles. The normalized spacial score (nSPS) is 10.4. The van der Waals surface area contributed by atoms with Crippen LogP contribution in [0.4, 0.5) is 0 Å². The molecule has 2 aromatic rings. The summed E-state index contributed by atoms with van der Waals surface area (Å²) in [7, 11) is 0. The fourth-order valence-electron chi connectivity index (χ4n) is 0.964. The van der Waals surface area contributed by atoms with E-state index in [0.29, 0.717) is 11.0 Å². The number of aromatic amines is 1. The van der Waals surface area contributed by atoms with E-state index in [2.05, 4.69) is 20.7 Å². The molecule has 0 spiro atoms. The maximum atomic E-state index is 11.0. The highest BCUT2D eigenvalue weighted by Gasteiger charge is 2.03. The number of hydrazine groups is 1. The molecule has 0 amide bonds. The number of fused-ring (bicyclic) bond motifs is 1. The summed E-state index contributed by atoms with van der Waals surface area (Å²) in [6, 6.07) is 0. The lowest BCUT2D eigenvalue weighted by Crippen LogP contribution is -2.20. The lowest BCUT2D eigenvalue weighted by molar-refractivity contribution is 0.900. The predicted octanol–water partition coefficient (Wildman–Crippen LogP) is -1.46. The zero-order valence-electron chi connectivity index (χ0n) is 5.98. The monoisotopic (exact) mass is 166 g/mol. The molecule has 7 nitrogen and oxygen atoms in total. The van der Waals surface area contributed by atoms with E-state index in [1.165, 1.54) is 17.2 Å². The minimum absolute atomic E-state index is 0.308. The first kappa shape index (κ1) is 6.80. The quantitative estimate of drug-likeness (QED) is 0.355. The molecular weight excluding hydrogens is 160 g/mol. The Morgan fingerprint density at radius 1 is 1.67 bits per heavy atom. The molecule has 0 saturated heterocycles. The van der Waals surface area contributed by atoms with Gasteiger partial charge in [0, 0.05) is 0 Å². The number of imidazole rings is 1. The van der Waals surface area contributed by atoms with E-state index in [1.807, 2.05) is 0 Å². The molecule has 2 heterocycles. The van der Waals surface area contributed by atoms with Crippen LogP contribution >= 0.6 is 0 Å². The van der Waals surface area contributed by atoms with Gasteiger partial charge in [-0.2, -0.15) is 5.10 Å². The van der Waals surface area contributed by atoms with Gasteiger partial charge in [-0.25, -0.2) is 20.6 Å². The first-order valence-electron chi connectivity index (χ1n) is 3.20. The second-order valence-corrected chi connectivity index (χ2v) is 2.18. The van der Waals surface area contributed by atoms with Crippen LogP contribution in [0.2, 0.25) is 0 Å². The lowest BCUT2D eigenvalue weighted by atomic mass is 10.5. The van der Waals surface area contributed by atoms with Gasteiger partial charge in [0.2, 0.25) is 0 Å². The van der Waals surface area contributed by atoms with Crippen molar-refractivity contribution in [2.24, 2.45) is 5.84 Å². The molecule has 0 saturated carbocycles. The molecule has 0 atom stereocenters. The van der Waals surface area contributed by atoms with Crippen LogP contribution in [0.3, 0.4) is 0 Å². The summed E-state index contributed by atoms with van der Waals surface area (Å²) in [6.45, 7) is 0. The zero-order chi connectivity index (χ0) is 8.55. The Morgan fingerprint density at radius 3 is 3.25 bits per heavy atom. The average Bonchev–Trinajstić information content (AvgIpc) is 2.49. The van der Waals surface area contributed by atoms with Gasteiger partial charge in [0.1, 0.15) is 11.8 Å². The molecule has 0 fully saturated rings. The van der Waals surface area contributed by atoms with Crippen LogP contribution in [0.5, 0.6) is 0 Å². The molecule has 4 N–H and O–H groups in total. The Morgan fingerprint density at radius 2 is 2.50 bits per heavy atom. The smallest absolute Gasteiger partial charge is 0.265 e. The first-order valence-corrected chi connectivity index (χ1v) is 3.20. The summed E-state index contributed by atoms with van der Waals surface area (Å²) >= 11 is 0. The van der Waals surface area contributed by atoms with Gasteiger partial charge in [-0.05, 0) is 0 Å². The van der Waals surface area contributed by atoms with E-state index in [0.717, 1.165) is 0 Å². The van der Waals surface area contributed by atoms with Crippen LogP contribution in [0.1, 0.15) is 0 Å². The molecule has 2 rings (SSSR count). The van der Waals surface area contributed by atoms with Crippen LogP contribution in [-0.2, 0) is 0 Å². The molecule has 12 heavy (non-hydrogen) atoms. The second kappa shape index (κ2) is 2.31. The summed E-state index contributed by atoms with van der Waals surface area (Å²) < 4.78 is 1.40. The molecule has 0 aliphatic carbocycles. The van der Waals surface area contributed by atoms with E-state index in [-0.39, 0.29) is 5.56 Å². The number of H-pyrrole nitrogens is 1. The highest BCUT2D eigenvalue weighted by molar-refractivity contribution is 5.72. The van der Waals surface area contributed by atoms with Crippen LogP contribution < -0.4 is 16.9 Å². The molecule has 62 valence electrons. The Hall–Kier alpha value is -1.89. The first-order chi connectivity index (χ1) is 5.83. The molecule has 0 bridgehead atoms. The van der Waals surface area contributed by atoms with Gasteiger partial charge in [-0.1, -0.05) is 0 Å². The van der Waals surface area contributed by atoms with Crippen LogP contribution in [0, 0.1) is 0 Å². The minimum atomic E-state index is -0.332. The summed E-state index contributed by atoms with van der Waals surface area (Å²) in [5.41, 5.74) is 2.86. The van der Waals surface area contributed by atoms with E-state index in [9.17, 15) is 4.79 Å². The van der Waals surface area contributed by atoms with Crippen molar-refractivity contribution >= 4 is 11.0 Å². The van der Waals surface area contributed by atoms with Crippen LogP contribution in [0.15, 0.2) is 17.3 Å². The number of nitrogens with one attached hydrogen (secondary N) is 2. The van der Waals surface area contributed by atoms with E-state index in [1.54, 1.807) is 0 Å². The summed E-state index contributed by atoms with van der Waals surface area (Å²) in [5.74, 6) is 5.14. The highest BCUT2D eigenvalue weighted by atomic mass is 16.1. The largest absolute Gasteiger partial charge is 0.292 e. The van der Waals surface area contributed by atoms with Crippen LogP contribution in [-0.4, -0.2) is 19.9 Å². The number of hydrogen-bond acceptors (Lipinski definition) is 5. The Labute approximate surface area is 66.2 Å². The topological polar surface area (TPSA) is 102 Å². The third-order valence-electron chi connectivity index (χ3n) is 1.51. The SMILES string of the molecule is NNn1cnc2c(=O)[nH]ncc21. The maximum Gasteiger partial charge on any atom is 0.292 e. The zero-order valence-corrected chi connectivity index (χ0v) is 5.98. The Bertz CT molecular complexity index is 456. The standard InChI is InChI=1S/C5H6N6O/c6-10-11-2-7-4-3(11)1-8-9-5(4)12/h1-2,10H,6H2,(H,9,12). The van der Waals surface area contributed by atoms with Gasteiger partial charge in [0.05, 0.1) is 6.20 Å². The number of hydrogen-bond donors (Lipinski definition) is 3. The molecular formula is C5H6N6O. The minimum Gasteiger partial charge on any atom is -0.265 e. The fourth-order valence-corrected chi connectivity index (χ4v) is 0.964. The predicted molar refractivity (Wildman–Crippen MR) is 41.7 cm³/mol. The number of aromatic nitrogens is 4. The number of nitrogens with zero attached hydrogens (tertiary/aromatic N) is 3. The molecule has 7 heteroatoms. The highest BCUT2D eigenvalue weighted by Crippen LogP contribution is 2.01. The van der Waals surface area contributed by atoms with Crippen molar-refractivity contribution in [2.45, 2.75) is 0 Å². The van der Waals surface area contributed by atoms with Crippen molar-refractivity contribution in [1.82, 2.24) is 19.9 Å². The lowest BCUT2D eigenvalue weighted by Gasteiger charge is -1.98. The Balaban J connectivity index is 2.89. The maximum absolute atomic E-state index is 11.0. The second-order valence-electron chi connectivity index (χ2n) is 2.18. The van der Waals surface area contributed by atoms with Crippen molar-refractivity contribution in [3.05, 3.63) is 22.9 Å². The van der Waals surface area contributed by atoms with Crippen molar-refractivity contribution in [2.75, 3.05) is 5.53 Å². The summed E-state index contributed by atoms with van der Waals surface area (Å²) in [5, 5.41) is 5.86. The van der Waals surface area contributed by atoms with Gasteiger partial charge < -0.3 is 0 Å². The van der Waals surface area contributed by atoms with Gasteiger partial charge in [-0.3, -0.25) is 10.3 Å². The van der Waals surface area contributed by atoms with E-state index >= 15 is 0 Å². The number of nitrogen functional groups attached to an aromatic ring is 1. The Kier molecular flexibility index (Phi) is 1.31. The van der Waals surface area contributed by atoms with Crippen LogP contribution in [0.25, 0.3) is 11.0 Å². The average molecular weight is 166 g/mol. The third-order valence-corrected chi connectivity index (χ3v) is 1.51.